The van der Waals surface area contributed by atoms with Crippen LogP contribution >= 0.6 is 0 Å². The number of ether oxygens (including phenoxy) is 1. The summed E-state index contributed by atoms with van der Waals surface area (Å²) in [5, 5.41) is 0. The summed E-state index contributed by atoms with van der Waals surface area (Å²) in [6, 6.07) is 9.05. The normalized spacial score (nSPS) is 27.1. The van der Waals surface area contributed by atoms with Crippen molar-refractivity contribution >= 4 is 0 Å². The molecule has 2 heteroatoms. The number of hydrogen-bond donors (Lipinski definition) is 1. The summed E-state index contributed by atoms with van der Waals surface area (Å²) < 4.78 is 5.89. The highest BCUT2D eigenvalue weighted by molar-refractivity contribution is 5.30. The van der Waals surface area contributed by atoms with Crippen LogP contribution in [0.4, 0.5) is 0 Å². The zero-order chi connectivity index (χ0) is 13.2. The zero-order valence-corrected chi connectivity index (χ0v) is 12.0. The molecule has 1 saturated heterocycles. The van der Waals surface area contributed by atoms with Crippen LogP contribution in [0.25, 0.3) is 0 Å². The van der Waals surface area contributed by atoms with E-state index in [0.717, 1.165) is 32.4 Å². The number of hydrogen-bond acceptors (Lipinski definition) is 1. The first-order valence-electron chi connectivity index (χ1n) is 6.98. The van der Waals surface area contributed by atoms with E-state index in [4.69, 9.17) is 4.74 Å². The molecular formula is C16H26NO+. The minimum Gasteiger partial charge on any atom is -0.376 e. The Morgan fingerprint density at radius 1 is 1.22 bits per heavy atom. The molecule has 0 aliphatic carbocycles. The lowest BCUT2D eigenvalue weighted by Gasteiger charge is -2.45. The van der Waals surface area contributed by atoms with Gasteiger partial charge in [-0.25, -0.2) is 0 Å². The van der Waals surface area contributed by atoms with Crippen LogP contribution in [0.1, 0.15) is 44.2 Å². The monoisotopic (exact) mass is 248 g/mol. The molecule has 1 fully saturated rings. The van der Waals surface area contributed by atoms with E-state index in [2.05, 4.69) is 50.8 Å². The van der Waals surface area contributed by atoms with Crippen molar-refractivity contribution in [2.24, 2.45) is 0 Å². The van der Waals surface area contributed by atoms with Crippen LogP contribution in [0, 0.1) is 6.92 Å². The van der Waals surface area contributed by atoms with Gasteiger partial charge in [0.2, 0.25) is 0 Å². The van der Waals surface area contributed by atoms with Crippen LogP contribution in [-0.4, -0.2) is 18.8 Å². The Labute approximate surface area is 111 Å². The van der Waals surface area contributed by atoms with Crippen molar-refractivity contribution in [1.82, 2.24) is 0 Å². The zero-order valence-electron chi connectivity index (χ0n) is 12.0. The van der Waals surface area contributed by atoms with Crippen LogP contribution in [0.15, 0.2) is 24.3 Å². The van der Waals surface area contributed by atoms with E-state index >= 15 is 0 Å². The van der Waals surface area contributed by atoms with Crippen molar-refractivity contribution in [1.29, 1.82) is 0 Å². The van der Waals surface area contributed by atoms with E-state index in [-0.39, 0.29) is 11.0 Å². The molecule has 0 amide bonds. The topological polar surface area (TPSA) is 36.9 Å². The lowest BCUT2D eigenvalue weighted by Crippen LogP contribution is -2.55. The summed E-state index contributed by atoms with van der Waals surface area (Å²) in [5.41, 5.74) is 7.11. The van der Waals surface area contributed by atoms with Crippen molar-refractivity contribution in [3.05, 3.63) is 35.4 Å². The van der Waals surface area contributed by atoms with Crippen LogP contribution in [0.2, 0.25) is 0 Å². The Hall–Kier alpha value is -0.860. The first kappa shape index (κ1) is 13.6. The fraction of sp³-hybridized carbons (Fsp3) is 0.625. The van der Waals surface area contributed by atoms with Crippen molar-refractivity contribution in [2.45, 2.75) is 51.0 Å². The highest BCUT2D eigenvalue weighted by Gasteiger charge is 2.41. The third kappa shape index (κ3) is 2.76. The van der Waals surface area contributed by atoms with Gasteiger partial charge in [-0.2, -0.15) is 0 Å². The van der Waals surface area contributed by atoms with Crippen molar-refractivity contribution in [2.75, 3.05) is 13.2 Å². The van der Waals surface area contributed by atoms with Gasteiger partial charge in [-0.3, -0.25) is 0 Å². The molecule has 100 valence electrons. The molecule has 1 aromatic rings. The van der Waals surface area contributed by atoms with Gasteiger partial charge in [-0.1, -0.05) is 29.8 Å². The lowest BCUT2D eigenvalue weighted by atomic mass is 9.67. The summed E-state index contributed by atoms with van der Waals surface area (Å²) in [6.45, 7) is 8.41. The molecule has 2 rings (SSSR count). The van der Waals surface area contributed by atoms with Crippen LogP contribution in [0.5, 0.6) is 0 Å². The molecule has 0 unspecified atom stereocenters. The van der Waals surface area contributed by atoms with Crippen molar-refractivity contribution < 1.29 is 10.5 Å². The molecule has 0 aromatic heterocycles. The van der Waals surface area contributed by atoms with E-state index in [1.807, 2.05) is 0 Å². The predicted octanol–water partition coefficient (Wildman–Crippen LogP) is 2.45. The Kier molecular flexibility index (Phi) is 3.79. The second-order valence-corrected chi connectivity index (χ2v) is 6.28. The highest BCUT2D eigenvalue weighted by atomic mass is 16.5. The van der Waals surface area contributed by atoms with Gasteiger partial charge < -0.3 is 10.5 Å². The lowest BCUT2D eigenvalue weighted by molar-refractivity contribution is -0.372. The molecule has 2 nitrogen and oxygen atoms in total. The summed E-state index contributed by atoms with van der Waals surface area (Å²) in [6.07, 6.45) is 3.37. The number of aryl methyl sites for hydroxylation is 1. The molecule has 0 saturated carbocycles. The number of quaternary nitrogens is 1. The fourth-order valence-electron chi connectivity index (χ4n) is 3.33. The van der Waals surface area contributed by atoms with E-state index in [9.17, 15) is 0 Å². The van der Waals surface area contributed by atoms with Crippen LogP contribution < -0.4 is 5.73 Å². The van der Waals surface area contributed by atoms with E-state index in [1.54, 1.807) is 0 Å². The van der Waals surface area contributed by atoms with Gasteiger partial charge in [0.25, 0.3) is 0 Å². The minimum absolute atomic E-state index is 0.0156. The standard InChI is InChI=1S/C16H25NO/c1-13-4-6-14(7-5-13)16(8-10-17)9-11-18-15(2,3)12-16/h4-7H,8-12,17H2,1-3H3/p+1/t16-/m1/s1. The maximum atomic E-state index is 5.89. The maximum absolute atomic E-state index is 5.89. The quantitative estimate of drug-likeness (QED) is 0.876. The van der Waals surface area contributed by atoms with E-state index in [0.29, 0.717) is 0 Å². The van der Waals surface area contributed by atoms with Gasteiger partial charge in [-0.05, 0) is 39.2 Å². The smallest absolute Gasteiger partial charge is 0.0748 e. The van der Waals surface area contributed by atoms with Crippen LogP contribution in [-0.2, 0) is 10.2 Å². The van der Waals surface area contributed by atoms with Crippen LogP contribution in [0.3, 0.4) is 0 Å². The van der Waals surface area contributed by atoms with E-state index in [1.165, 1.54) is 11.1 Å². The molecule has 0 radical (unpaired) electrons. The van der Waals surface area contributed by atoms with Gasteiger partial charge in [0.15, 0.2) is 0 Å². The largest absolute Gasteiger partial charge is 0.376 e. The molecule has 3 N–H and O–H groups in total. The van der Waals surface area contributed by atoms with E-state index < -0.39 is 0 Å². The SMILES string of the molecule is Cc1ccc([C@]2(CC[NH3+])CCOC(C)(C)C2)cc1. The molecule has 1 heterocycles. The number of rotatable bonds is 3. The van der Waals surface area contributed by atoms with Gasteiger partial charge in [0.1, 0.15) is 0 Å². The second-order valence-electron chi connectivity index (χ2n) is 6.28. The molecule has 1 atom stereocenters. The predicted molar refractivity (Wildman–Crippen MR) is 74.5 cm³/mol. The second kappa shape index (κ2) is 5.02. The fourth-order valence-corrected chi connectivity index (χ4v) is 3.33. The maximum Gasteiger partial charge on any atom is 0.0748 e. The molecular weight excluding hydrogens is 222 g/mol. The molecule has 0 spiro atoms. The van der Waals surface area contributed by atoms with Gasteiger partial charge in [0.05, 0.1) is 12.1 Å². The van der Waals surface area contributed by atoms with Crippen molar-refractivity contribution in [3.63, 3.8) is 0 Å². The first-order chi connectivity index (χ1) is 8.47. The average Bonchev–Trinajstić information content (AvgIpc) is 2.28. The Balaban J connectivity index is 2.34. The number of benzene rings is 1. The Morgan fingerprint density at radius 2 is 1.89 bits per heavy atom. The third-order valence-corrected chi connectivity index (χ3v) is 4.16. The highest BCUT2D eigenvalue weighted by Crippen LogP contribution is 2.43. The minimum atomic E-state index is -0.0156. The molecule has 1 aliphatic heterocycles. The molecule has 1 aromatic carbocycles. The molecule has 1 aliphatic rings. The Bertz CT molecular complexity index is 392. The van der Waals surface area contributed by atoms with Gasteiger partial charge >= 0.3 is 0 Å². The summed E-state index contributed by atoms with van der Waals surface area (Å²) in [7, 11) is 0. The van der Waals surface area contributed by atoms with Crippen molar-refractivity contribution in [3.8, 4) is 0 Å². The summed E-state index contributed by atoms with van der Waals surface area (Å²) >= 11 is 0. The molecule has 0 bridgehead atoms. The summed E-state index contributed by atoms with van der Waals surface area (Å²) in [4.78, 5) is 0. The first-order valence-corrected chi connectivity index (χ1v) is 6.98. The van der Waals surface area contributed by atoms with Gasteiger partial charge in [-0.15, -0.1) is 0 Å². The average molecular weight is 248 g/mol. The summed E-state index contributed by atoms with van der Waals surface area (Å²) in [5.74, 6) is 0. The Morgan fingerprint density at radius 3 is 2.44 bits per heavy atom. The van der Waals surface area contributed by atoms with Gasteiger partial charge in [0, 0.05) is 18.4 Å². The third-order valence-electron chi connectivity index (χ3n) is 4.16. The molecule has 18 heavy (non-hydrogen) atoms.